The van der Waals surface area contributed by atoms with Gasteiger partial charge in [-0.2, -0.15) is 11.3 Å². The Morgan fingerprint density at radius 2 is 2.15 bits per heavy atom. The molecule has 1 unspecified atom stereocenters. The molecule has 1 aliphatic heterocycles. The average Bonchev–Trinajstić information content (AvgIpc) is 2.92. The molecule has 1 saturated heterocycles. The Hall–Kier alpha value is -0.380. The van der Waals surface area contributed by atoms with Crippen LogP contribution in [0.1, 0.15) is 51.5 Å². The summed E-state index contributed by atoms with van der Waals surface area (Å²) in [5.74, 6) is 0.724. The Morgan fingerprint density at radius 3 is 2.80 bits per heavy atom. The van der Waals surface area contributed by atoms with Crippen molar-refractivity contribution >= 4 is 11.3 Å². The molecule has 0 aromatic carbocycles. The maximum absolute atomic E-state index is 3.94. The van der Waals surface area contributed by atoms with Gasteiger partial charge in [0.2, 0.25) is 0 Å². The van der Waals surface area contributed by atoms with Crippen LogP contribution in [0.15, 0.2) is 16.8 Å². The van der Waals surface area contributed by atoms with E-state index in [1.54, 1.807) is 0 Å². The van der Waals surface area contributed by atoms with E-state index in [0.717, 1.165) is 12.5 Å². The number of rotatable bonds is 3. The highest BCUT2D eigenvalue weighted by atomic mass is 32.1. The van der Waals surface area contributed by atoms with Gasteiger partial charge in [0.15, 0.2) is 0 Å². The number of hydrogen-bond donors (Lipinski definition) is 1. The van der Waals surface area contributed by atoms with Crippen LogP contribution in [-0.2, 0) is 6.54 Å². The molecule has 2 nitrogen and oxygen atoms in total. The van der Waals surface area contributed by atoms with Crippen LogP contribution in [0.3, 0.4) is 0 Å². The molecule has 1 atom stereocenters. The molecule has 20 heavy (non-hydrogen) atoms. The number of hydrogen-bond acceptors (Lipinski definition) is 3. The van der Waals surface area contributed by atoms with Gasteiger partial charge >= 0.3 is 0 Å². The Balaban J connectivity index is 1.73. The van der Waals surface area contributed by atoms with Gasteiger partial charge in [-0.3, -0.25) is 4.90 Å². The molecule has 1 aromatic heterocycles. The van der Waals surface area contributed by atoms with Crippen molar-refractivity contribution in [2.45, 2.75) is 64.1 Å². The van der Waals surface area contributed by atoms with Gasteiger partial charge in [-0.1, -0.05) is 33.1 Å². The van der Waals surface area contributed by atoms with Crippen molar-refractivity contribution in [2.24, 2.45) is 5.92 Å². The van der Waals surface area contributed by atoms with Crippen LogP contribution >= 0.6 is 11.3 Å². The molecule has 2 heterocycles. The largest absolute Gasteiger partial charge is 0.308 e. The molecule has 0 bridgehead atoms. The highest BCUT2D eigenvalue weighted by Gasteiger charge is 2.40. The van der Waals surface area contributed by atoms with Crippen molar-refractivity contribution in [1.82, 2.24) is 10.2 Å². The molecule has 2 aliphatic rings. The van der Waals surface area contributed by atoms with Gasteiger partial charge in [-0.25, -0.2) is 0 Å². The lowest BCUT2D eigenvalue weighted by Crippen LogP contribution is -2.65. The minimum Gasteiger partial charge on any atom is -0.308 e. The molecular formula is C17H28N2S. The van der Waals surface area contributed by atoms with E-state index in [1.165, 1.54) is 50.8 Å². The molecule has 112 valence electrons. The van der Waals surface area contributed by atoms with E-state index >= 15 is 0 Å². The predicted molar refractivity (Wildman–Crippen MR) is 87.2 cm³/mol. The zero-order valence-electron chi connectivity index (χ0n) is 12.9. The monoisotopic (exact) mass is 292 g/mol. The number of thiophene rings is 1. The third-order valence-corrected chi connectivity index (χ3v) is 5.94. The van der Waals surface area contributed by atoms with E-state index in [-0.39, 0.29) is 0 Å². The first-order chi connectivity index (χ1) is 9.69. The van der Waals surface area contributed by atoms with Gasteiger partial charge in [-0.15, -0.1) is 0 Å². The summed E-state index contributed by atoms with van der Waals surface area (Å²) in [5, 5.41) is 8.46. The predicted octanol–water partition coefficient (Wildman–Crippen LogP) is 3.88. The Bertz CT molecular complexity index is 407. The molecule has 1 aliphatic carbocycles. The molecule has 2 fully saturated rings. The second-order valence-electron chi connectivity index (χ2n) is 7.07. The van der Waals surface area contributed by atoms with E-state index in [2.05, 4.69) is 40.9 Å². The van der Waals surface area contributed by atoms with Gasteiger partial charge in [0.25, 0.3) is 0 Å². The van der Waals surface area contributed by atoms with E-state index in [9.17, 15) is 0 Å². The lowest BCUT2D eigenvalue weighted by atomic mass is 9.78. The molecule has 1 aromatic rings. The summed E-state index contributed by atoms with van der Waals surface area (Å²) in [5.41, 5.74) is 1.91. The van der Waals surface area contributed by atoms with Crippen LogP contribution < -0.4 is 5.32 Å². The zero-order chi connectivity index (χ0) is 14.0. The minimum atomic E-state index is 0.416. The summed E-state index contributed by atoms with van der Waals surface area (Å²) in [4.78, 5) is 2.76. The van der Waals surface area contributed by atoms with Crippen molar-refractivity contribution in [2.75, 3.05) is 13.1 Å². The quantitative estimate of drug-likeness (QED) is 0.909. The van der Waals surface area contributed by atoms with Gasteiger partial charge in [0, 0.05) is 31.2 Å². The summed E-state index contributed by atoms with van der Waals surface area (Å²) < 4.78 is 0. The SMILES string of the molecule is CC(C)C1CNC2(CCCCC2)CN1Cc1ccsc1. The van der Waals surface area contributed by atoms with Gasteiger partial charge in [-0.05, 0) is 41.1 Å². The smallest absolute Gasteiger partial charge is 0.0309 e. The molecule has 0 radical (unpaired) electrons. The second-order valence-corrected chi connectivity index (χ2v) is 7.85. The molecule has 3 heteroatoms. The highest BCUT2D eigenvalue weighted by molar-refractivity contribution is 7.07. The summed E-state index contributed by atoms with van der Waals surface area (Å²) in [6.07, 6.45) is 6.99. The molecule has 0 amide bonds. The van der Waals surface area contributed by atoms with Crippen LogP contribution in [0.25, 0.3) is 0 Å². The zero-order valence-corrected chi connectivity index (χ0v) is 13.7. The van der Waals surface area contributed by atoms with Crippen molar-refractivity contribution in [1.29, 1.82) is 0 Å². The van der Waals surface area contributed by atoms with E-state index in [1.807, 2.05) is 11.3 Å². The first-order valence-electron chi connectivity index (χ1n) is 8.19. The Labute approximate surface area is 127 Å². The highest BCUT2D eigenvalue weighted by Crippen LogP contribution is 2.33. The van der Waals surface area contributed by atoms with Crippen LogP contribution in [0.2, 0.25) is 0 Å². The normalized spacial score (nSPS) is 27.2. The number of nitrogens with zero attached hydrogens (tertiary/aromatic N) is 1. The van der Waals surface area contributed by atoms with E-state index in [4.69, 9.17) is 0 Å². The van der Waals surface area contributed by atoms with Crippen LogP contribution in [0.4, 0.5) is 0 Å². The van der Waals surface area contributed by atoms with Crippen molar-refractivity contribution < 1.29 is 0 Å². The number of piperazine rings is 1. The van der Waals surface area contributed by atoms with E-state index < -0.39 is 0 Å². The summed E-state index contributed by atoms with van der Waals surface area (Å²) in [6.45, 7) is 8.28. The van der Waals surface area contributed by atoms with Crippen molar-refractivity contribution in [3.63, 3.8) is 0 Å². The fourth-order valence-electron chi connectivity index (χ4n) is 4.02. The standard InChI is InChI=1S/C17H28N2S/c1-14(2)16-10-18-17(7-4-3-5-8-17)13-19(16)11-15-6-9-20-12-15/h6,9,12,14,16,18H,3-5,7-8,10-11,13H2,1-2H3. The molecule has 3 rings (SSSR count). The topological polar surface area (TPSA) is 15.3 Å². The fraction of sp³-hybridized carbons (Fsp3) is 0.765. The van der Waals surface area contributed by atoms with Crippen LogP contribution in [-0.4, -0.2) is 29.6 Å². The van der Waals surface area contributed by atoms with E-state index in [0.29, 0.717) is 11.6 Å². The summed E-state index contributed by atoms with van der Waals surface area (Å²) in [6, 6.07) is 2.97. The summed E-state index contributed by atoms with van der Waals surface area (Å²) in [7, 11) is 0. The van der Waals surface area contributed by atoms with Crippen molar-refractivity contribution in [3.8, 4) is 0 Å². The lowest BCUT2D eigenvalue weighted by molar-refractivity contribution is 0.0310. The average molecular weight is 292 g/mol. The summed E-state index contributed by atoms with van der Waals surface area (Å²) >= 11 is 1.82. The van der Waals surface area contributed by atoms with Gasteiger partial charge in [0.1, 0.15) is 0 Å². The maximum Gasteiger partial charge on any atom is 0.0309 e. The third-order valence-electron chi connectivity index (χ3n) is 5.21. The van der Waals surface area contributed by atoms with Crippen LogP contribution in [0, 0.1) is 5.92 Å². The third kappa shape index (κ3) is 3.10. The van der Waals surface area contributed by atoms with Crippen molar-refractivity contribution in [3.05, 3.63) is 22.4 Å². The Morgan fingerprint density at radius 1 is 1.35 bits per heavy atom. The maximum atomic E-state index is 3.94. The first-order valence-corrected chi connectivity index (χ1v) is 9.13. The molecule has 1 spiro atoms. The Kier molecular flexibility index (Phi) is 4.49. The minimum absolute atomic E-state index is 0.416. The fourth-order valence-corrected chi connectivity index (χ4v) is 4.68. The first kappa shape index (κ1) is 14.6. The second kappa shape index (κ2) is 6.17. The molecule has 1 saturated carbocycles. The van der Waals surface area contributed by atoms with Gasteiger partial charge < -0.3 is 5.32 Å². The molecular weight excluding hydrogens is 264 g/mol. The van der Waals surface area contributed by atoms with Crippen LogP contribution in [0.5, 0.6) is 0 Å². The van der Waals surface area contributed by atoms with Gasteiger partial charge in [0.05, 0.1) is 0 Å². The number of nitrogens with one attached hydrogen (secondary N) is 1. The molecule has 1 N–H and O–H groups in total. The lowest BCUT2D eigenvalue weighted by Gasteiger charge is -2.51.